The van der Waals surface area contributed by atoms with Crippen molar-refractivity contribution in [3.8, 4) is 0 Å². The van der Waals surface area contributed by atoms with Gasteiger partial charge in [0.25, 0.3) is 0 Å². The minimum atomic E-state index is 0.270. The summed E-state index contributed by atoms with van der Waals surface area (Å²) in [7, 11) is 0. The Morgan fingerprint density at radius 2 is 1.57 bits per heavy atom. The van der Waals surface area contributed by atoms with Crippen molar-refractivity contribution in [2.24, 2.45) is 0 Å². The molecule has 4 aliphatic rings. The van der Waals surface area contributed by atoms with E-state index in [4.69, 9.17) is 0 Å². The molecule has 1 aromatic carbocycles. The first kappa shape index (κ1) is 17.4. The Balaban J connectivity index is 1.13. The normalized spacial score (nSPS) is 24.8. The molecule has 0 radical (unpaired) electrons. The van der Waals surface area contributed by atoms with E-state index in [1.54, 1.807) is 12.4 Å². The van der Waals surface area contributed by atoms with E-state index in [1.165, 1.54) is 12.1 Å². The molecule has 0 aliphatic carbocycles. The van der Waals surface area contributed by atoms with Crippen LogP contribution in [0.3, 0.4) is 0 Å². The maximum atomic E-state index is 12.9. The van der Waals surface area contributed by atoms with Crippen molar-refractivity contribution >= 4 is 17.5 Å². The molecule has 6 rings (SSSR count). The van der Waals surface area contributed by atoms with Gasteiger partial charge in [-0.05, 0) is 24.6 Å². The molecule has 2 aromatic rings. The van der Waals surface area contributed by atoms with Crippen molar-refractivity contribution < 1.29 is 4.79 Å². The summed E-state index contributed by atoms with van der Waals surface area (Å²) in [6, 6.07) is 13.2. The van der Waals surface area contributed by atoms with Crippen LogP contribution in [0.4, 0.5) is 11.6 Å². The molecule has 1 aromatic heterocycles. The number of para-hydroxylation sites is 1. The first-order valence-corrected chi connectivity index (χ1v) is 10.1. The molecule has 2 atom stereocenters. The monoisotopic (exact) mass is 378 g/mol. The predicted octanol–water partition coefficient (Wildman–Crippen LogP) is 1.09. The highest BCUT2D eigenvalue weighted by Gasteiger charge is 2.46. The second-order valence-corrected chi connectivity index (χ2v) is 7.87. The molecule has 1 amide bonds. The lowest BCUT2D eigenvalue weighted by Gasteiger charge is -2.56. The Labute approximate surface area is 165 Å². The van der Waals surface area contributed by atoms with Gasteiger partial charge < -0.3 is 14.7 Å². The molecule has 0 saturated carbocycles. The molecule has 4 saturated heterocycles. The number of carbonyl (C=O) groups is 1. The molecular weight excluding hydrogens is 352 g/mol. The molecule has 7 nitrogen and oxygen atoms in total. The van der Waals surface area contributed by atoms with E-state index < -0.39 is 0 Å². The van der Waals surface area contributed by atoms with Gasteiger partial charge in [0.2, 0.25) is 11.9 Å². The van der Waals surface area contributed by atoms with Gasteiger partial charge in [-0.25, -0.2) is 9.97 Å². The number of benzene rings is 1. The molecule has 0 spiro atoms. The van der Waals surface area contributed by atoms with E-state index in [2.05, 4.69) is 48.9 Å². The number of piperazine rings is 2. The summed E-state index contributed by atoms with van der Waals surface area (Å²) < 4.78 is 0. The van der Waals surface area contributed by atoms with Crippen LogP contribution < -0.4 is 9.80 Å². The van der Waals surface area contributed by atoms with Crippen LogP contribution >= 0.6 is 0 Å². The van der Waals surface area contributed by atoms with Crippen LogP contribution in [-0.4, -0.2) is 83.6 Å². The second kappa shape index (κ2) is 7.39. The molecule has 7 heteroatoms. The largest absolute Gasteiger partial charge is 0.368 e. The van der Waals surface area contributed by atoms with E-state index >= 15 is 0 Å². The summed E-state index contributed by atoms with van der Waals surface area (Å²) in [4.78, 5) is 30.6. The Hall–Kier alpha value is -2.67. The number of anilines is 2. The van der Waals surface area contributed by atoms with Crippen LogP contribution in [0.15, 0.2) is 48.8 Å². The lowest BCUT2D eigenvalue weighted by Crippen LogP contribution is -2.70. The number of fused-ring (bicyclic) bond motifs is 2. The zero-order chi connectivity index (χ0) is 18.9. The van der Waals surface area contributed by atoms with Gasteiger partial charge in [-0.15, -0.1) is 0 Å². The van der Waals surface area contributed by atoms with Crippen molar-refractivity contribution in [2.75, 3.05) is 55.6 Å². The number of hydrogen-bond acceptors (Lipinski definition) is 6. The van der Waals surface area contributed by atoms with Gasteiger partial charge in [0.15, 0.2) is 0 Å². The van der Waals surface area contributed by atoms with Gasteiger partial charge >= 0.3 is 0 Å². The highest BCUT2D eigenvalue weighted by molar-refractivity contribution is 5.79. The fourth-order valence-electron chi connectivity index (χ4n) is 4.67. The fraction of sp³-hybridized carbons (Fsp3) is 0.476. The van der Waals surface area contributed by atoms with Gasteiger partial charge in [0.05, 0.1) is 6.54 Å². The van der Waals surface area contributed by atoms with Crippen molar-refractivity contribution in [2.45, 2.75) is 18.5 Å². The van der Waals surface area contributed by atoms with Crippen molar-refractivity contribution in [1.82, 2.24) is 19.8 Å². The minimum absolute atomic E-state index is 0.270. The maximum absolute atomic E-state index is 12.9. The van der Waals surface area contributed by atoms with Crippen LogP contribution in [0.25, 0.3) is 0 Å². The van der Waals surface area contributed by atoms with E-state index in [9.17, 15) is 4.79 Å². The van der Waals surface area contributed by atoms with E-state index in [0.717, 1.165) is 45.2 Å². The quantitative estimate of drug-likeness (QED) is 0.794. The van der Waals surface area contributed by atoms with Crippen molar-refractivity contribution in [1.29, 1.82) is 0 Å². The van der Waals surface area contributed by atoms with Gasteiger partial charge in [-0.3, -0.25) is 9.69 Å². The lowest BCUT2D eigenvalue weighted by molar-refractivity contribution is -0.137. The number of nitrogens with zero attached hydrogens (tertiary/aromatic N) is 6. The predicted molar refractivity (Wildman–Crippen MR) is 108 cm³/mol. The maximum Gasteiger partial charge on any atom is 0.236 e. The Kier molecular flexibility index (Phi) is 4.60. The summed E-state index contributed by atoms with van der Waals surface area (Å²) in [5, 5.41) is 0. The van der Waals surface area contributed by atoms with Crippen LogP contribution in [0.1, 0.15) is 6.42 Å². The third kappa shape index (κ3) is 3.30. The first-order chi connectivity index (χ1) is 13.8. The van der Waals surface area contributed by atoms with Gasteiger partial charge in [0, 0.05) is 69.4 Å². The standard InChI is InChI=1S/C21H26N6O/c28-20(25-11-9-24(10-12-25)17-5-2-1-3-6-17)16-27-18-13-19(27)15-26(14-18)21-22-7-4-8-23-21/h1-8,18-19H,9-16H2. The van der Waals surface area contributed by atoms with Crippen LogP contribution in [0, 0.1) is 0 Å². The highest BCUT2D eigenvalue weighted by atomic mass is 16.2. The van der Waals surface area contributed by atoms with Gasteiger partial charge in [-0.2, -0.15) is 0 Å². The summed E-state index contributed by atoms with van der Waals surface area (Å²) >= 11 is 0. The van der Waals surface area contributed by atoms with Crippen LogP contribution in [0.2, 0.25) is 0 Å². The number of carbonyl (C=O) groups excluding carboxylic acids is 1. The average molecular weight is 378 g/mol. The molecule has 146 valence electrons. The Morgan fingerprint density at radius 3 is 2.25 bits per heavy atom. The SMILES string of the molecule is O=C(CN1C2CC1CN(c1ncccn1)C2)N1CCN(c2ccccc2)CC1. The van der Waals surface area contributed by atoms with E-state index in [-0.39, 0.29) is 5.91 Å². The molecule has 4 fully saturated rings. The Morgan fingerprint density at radius 1 is 0.893 bits per heavy atom. The fourth-order valence-corrected chi connectivity index (χ4v) is 4.67. The van der Waals surface area contributed by atoms with Gasteiger partial charge in [-0.1, -0.05) is 18.2 Å². The molecule has 4 aliphatic heterocycles. The summed E-state index contributed by atoms with van der Waals surface area (Å²) in [6.07, 6.45) is 4.76. The lowest BCUT2D eigenvalue weighted by atomic mass is 9.87. The number of piperidine rings is 1. The molecule has 5 heterocycles. The second-order valence-electron chi connectivity index (χ2n) is 7.87. The highest BCUT2D eigenvalue weighted by Crippen LogP contribution is 2.33. The third-order valence-electron chi connectivity index (χ3n) is 6.25. The zero-order valence-corrected chi connectivity index (χ0v) is 16.0. The topological polar surface area (TPSA) is 55.8 Å². The number of amides is 1. The molecule has 2 unspecified atom stereocenters. The van der Waals surface area contributed by atoms with Crippen LogP contribution in [0.5, 0.6) is 0 Å². The third-order valence-corrected chi connectivity index (χ3v) is 6.25. The van der Waals surface area contributed by atoms with Crippen LogP contribution in [-0.2, 0) is 4.79 Å². The summed E-state index contributed by atoms with van der Waals surface area (Å²) in [6.45, 7) is 5.79. The average Bonchev–Trinajstić information content (AvgIpc) is 2.78. The molecule has 2 bridgehead atoms. The molecule has 28 heavy (non-hydrogen) atoms. The van der Waals surface area contributed by atoms with Crippen molar-refractivity contribution in [3.63, 3.8) is 0 Å². The summed E-state index contributed by atoms with van der Waals surface area (Å²) in [5.41, 5.74) is 1.25. The number of hydrogen-bond donors (Lipinski definition) is 0. The van der Waals surface area contributed by atoms with E-state index in [0.29, 0.717) is 18.6 Å². The van der Waals surface area contributed by atoms with Gasteiger partial charge in [0.1, 0.15) is 0 Å². The molecular formula is C21H26N6O. The summed E-state index contributed by atoms with van der Waals surface area (Å²) in [5.74, 6) is 1.08. The minimum Gasteiger partial charge on any atom is -0.368 e. The van der Waals surface area contributed by atoms with Crippen molar-refractivity contribution in [3.05, 3.63) is 48.8 Å². The molecule has 0 N–H and O–H groups in total. The number of aromatic nitrogens is 2. The van der Waals surface area contributed by atoms with E-state index in [1.807, 2.05) is 17.0 Å². The zero-order valence-electron chi connectivity index (χ0n) is 16.0. The first-order valence-electron chi connectivity index (χ1n) is 10.1. The number of rotatable bonds is 4. The smallest absolute Gasteiger partial charge is 0.236 e. The Bertz CT molecular complexity index is 796.